The first-order valence-electron chi connectivity index (χ1n) is 8.04. The molecule has 0 fully saturated rings. The van der Waals surface area contributed by atoms with Crippen molar-refractivity contribution in [2.75, 3.05) is 21.3 Å². The lowest BCUT2D eigenvalue weighted by molar-refractivity contribution is -0.120. The lowest BCUT2D eigenvalue weighted by Gasteiger charge is -2.13. The summed E-state index contributed by atoms with van der Waals surface area (Å²) in [6.45, 7) is 3.48. The zero-order valence-electron chi connectivity index (χ0n) is 15.1. The van der Waals surface area contributed by atoms with Gasteiger partial charge in [0.05, 0.1) is 26.9 Å². The van der Waals surface area contributed by atoms with Crippen molar-refractivity contribution in [1.29, 1.82) is 0 Å². The summed E-state index contributed by atoms with van der Waals surface area (Å²) in [6.07, 6.45) is 4.75. The van der Waals surface area contributed by atoms with Gasteiger partial charge in [0.25, 0.3) is 0 Å². The van der Waals surface area contributed by atoms with Crippen molar-refractivity contribution in [3.05, 3.63) is 23.3 Å². The van der Waals surface area contributed by atoms with E-state index in [4.69, 9.17) is 14.2 Å². The van der Waals surface area contributed by atoms with Crippen molar-refractivity contribution in [2.45, 2.75) is 39.5 Å². The molecule has 0 heterocycles. The molecule has 0 unspecified atom stereocenters. The quantitative estimate of drug-likeness (QED) is 0.282. The zero-order chi connectivity index (χ0) is 18.1. The minimum absolute atomic E-state index is 0.135. The summed E-state index contributed by atoms with van der Waals surface area (Å²) in [5.41, 5.74) is 0.846. The van der Waals surface area contributed by atoms with Crippen LogP contribution in [-0.4, -0.2) is 32.9 Å². The molecule has 5 nitrogen and oxygen atoms in total. The highest BCUT2D eigenvalue weighted by Gasteiger charge is 2.17. The molecule has 5 heteroatoms. The Bertz CT molecular complexity index is 591. The number of Topliss-reactive ketones (excluding diaryl/α,β-unsaturated/α-hetero) is 2. The summed E-state index contributed by atoms with van der Waals surface area (Å²) in [6, 6.07) is 3.42. The summed E-state index contributed by atoms with van der Waals surface area (Å²) in [5.74, 6) is 1.04. The maximum atomic E-state index is 12.3. The molecule has 0 aliphatic heterocycles. The number of ether oxygens (including phenoxy) is 3. The van der Waals surface area contributed by atoms with Crippen LogP contribution in [0.5, 0.6) is 17.2 Å². The summed E-state index contributed by atoms with van der Waals surface area (Å²) in [4.78, 5) is 24.2. The SMILES string of the molecule is CCCCCC(=O)/C(=C/c1cc(OC)c(OC)c(OC)c1)C(C)=O. The molecule has 1 aromatic carbocycles. The van der Waals surface area contributed by atoms with E-state index in [1.807, 2.05) is 0 Å². The van der Waals surface area contributed by atoms with Gasteiger partial charge >= 0.3 is 0 Å². The van der Waals surface area contributed by atoms with E-state index in [0.29, 0.717) is 29.2 Å². The Morgan fingerprint density at radius 1 is 1.00 bits per heavy atom. The Morgan fingerprint density at radius 2 is 1.58 bits per heavy atom. The molecule has 0 saturated carbocycles. The van der Waals surface area contributed by atoms with Gasteiger partial charge in [0.2, 0.25) is 5.75 Å². The number of unbranched alkanes of at least 4 members (excludes halogenated alkanes) is 2. The van der Waals surface area contributed by atoms with Crippen LogP contribution in [0, 0.1) is 0 Å². The molecular formula is C19H26O5. The van der Waals surface area contributed by atoms with Crippen LogP contribution in [0.4, 0.5) is 0 Å². The maximum absolute atomic E-state index is 12.3. The van der Waals surface area contributed by atoms with Crippen LogP contribution in [0.25, 0.3) is 6.08 Å². The monoisotopic (exact) mass is 334 g/mol. The summed E-state index contributed by atoms with van der Waals surface area (Å²) < 4.78 is 15.9. The fourth-order valence-corrected chi connectivity index (χ4v) is 2.40. The van der Waals surface area contributed by atoms with Crippen molar-refractivity contribution < 1.29 is 23.8 Å². The van der Waals surface area contributed by atoms with Crippen LogP contribution in [0.2, 0.25) is 0 Å². The molecule has 0 amide bonds. The normalized spacial score (nSPS) is 11.1. The molecule has 1 aromatic rings. The van der Waals surface area contributed by atoms with Gasteiger partial charge in [0.15, 0.2) is 23.1 Å². The number of methoxy groups -OCH3 is 3. The molecular weight excluding hydrogens is 308 g/mol. The number of benzene rings is 1. The average Bonchev–Trinajstić information content (AvgIpc) is 2.58. The maximum Gasteiger partial charge on any atom is 0.203 e. The number of ketones is 2. The number of rotatable bonds is 10. The molecule has 0 atom stereocenters. The van der Waals surface area contributed by atoms with E-state index in [2.05, 4.69) is 6.92 Å². The minimum atomic E-state index is -0.245. The van der Waals surface area contributed by atoms with E-state index in [-0.39, 0.29) is 17.1 Å². The summed E-state index contributed by atoms with van der Waals surface area (Å²) >= 11 is 0. The molecule has 0 radical (unpaired) electrons. The standard InChI is InChI=1S/C19H26O5/c1-6-7-8-9-16(21)15(13(2)20)10-14-11-17(22-3)19(24-5)18(12-14)23-4/h10-12H,6-9H2,1-5H3/b15-10+. The molecule has 1 rings (SSSR count). The van der Waals surface area contributed by atoms with Crippen LogP contribution in [0.15, 0.2) is 17.7 Å². The first-order chi connectivity index (χ1) is 11.5. The number of hydrogen-bond donors (Lipinski definition) is 0. The lowest BCUT2D eigenvalue weighted by Crippen LogP contribution is -2.10. The molecule has 0 aromatic heterocycles. The highest BCUT2D eigenvalue weighted by molar-refractivity contribution is 6.22. The molecule has 0 saturated heterocycles. The van der Waals surface area contributed by atoms with E-state index in [1.54, 1.807) is 18.2 Å². The predicted molar refractivity (Wildman–Crippen MR) is 93.9 cm³/mol. The van der Waals surface area contributed by atoms with Crippen molar-refractivity contribution in [3.8, 4) is 17.2 Å². The molecule has 0 aliphatic carbocycles. The van der Waals surface area contributed by atoms with Gasteiger partial charge in [-0.05, 0) is 37.1 Å². The van der Waals surface area contributed by atoms with Gasteiger partial charge in [-0.25, -0.2) is 0 Å². The van der Waals surface area contributed by atoms with Crippen LogP contribution in [-0.2, 0) is 9.59 Å². The molecule has 0 spiro atoms. The molecule has 24 heavy (non-hydrogen) atoms. The third kappa shape index (κ3) is 5.11. The summed E-state index contributed by atoms with van der Waals surface area (Å²) in [5, 5.41) is 0. The Morgan fingerprint density at radius 3 is 2.00 bits per heavy atom. The third-order valence-electron chi connectivity index (χ3n) is 3.69. The van der Waals surface area contributed by atoms with E-state index < -0.39 is 0 Å². The second-order valence-corrected chi connectivity index (χ2v) is 5.45. The minimum Gasteiger partial charge on any atom is -0.493 e. The molecule has 0 aliphatic rings. The number of carbonyl (C=O) groups excluding carboxylic acids is 2. The smallest absolute Gasteiger partial charge is 0.203 e. The summed E-state index contributed by atoms with van der Waals surface area (Å²) in [7, 11) is 4.56. The Labute approximate surface area is 143 Å². The van der Waals surface area contributed by atoms with E-state index in [1.165, 1.54) is 28.3 Å². The number of allylic oxidation sites excluding steroid dienone is 1. The fraction of sp³-hybridized carbons (Fsp3) is 0.474. The highest BCUT2D eigenvalue weighted by atomic mass is 16.5. The van der Waals surface area contributed by atoms with Crippen LogP contribution >= 0.6 is 0 Å². The Balaban J connectivity index is 3.22. The van der Waals surface area contributed by atoms with Crippen molar-refractivity contribution in [3.63, 3.8) is 0 Å². The number of carbonyl (C=O) groups is 2. The second kappa shape index (κ2) is 9.75. The third-order valence-corrected chi connectivity index (χ3v) is 3.69. The predicted octanol–water partition coefficient (Wildman–Crippen LogP) is 3.83. The van der Waals surface area contributed by atoms with Gasteiger partial charge in [0.1, 0.15) is 0 Å². The molecule has 0 N–H and O–H groups in total. The van der Waals surface area contributed by atoms with Gasteiger partial charge < -0.3 is 14.2 Å². The topological polar surface area (TPSA) is 61.8 Å². The average molecular weight is 334 g/mol. The number of hydrogen-bond acceptors (Lipinski definition) is 5. The van der Waals surface area contributed by atoms with Crippen LogP contribution in [0.3, 0.4) is 0 Å². The molecule has 132 valence electrons. The fourth-order valence-electron chi connectivity index (χ4n) is 2.40. The lowest BCUT2D eigenvalue weighted by atomic mass is 9.99. The first-order valence-corrected chi connectivity index (χ1v) is 8.04. The van der Waals surface area contributed by atoms with Crippen molar-refractivity contribution in [1.82, 2.24) is 0 Å². The highest BCUT2D eigenvalue weighted by Crippen LogP contribution is 2.38. The van der Waals surface area contributed by atoms with E-state index in [9.17, 15) is 9.59 Å². The van der Waals surface area contributed by atoms with Crippen LogP contribution in [0.1, 0.15) is 45.1 Å². The Kier molecular flexibility index (Phi) is 8.02. The van der Waals surface area contributed by atoms with E-state index >= 15 is 0 Å². The van der Waals surface area contributed by atoms with Gasteiger partial charge in [-0.15, -0.1) is 0 Å². The molecule has 0 bridgehead atoms. The Hall–Kier alpha value is -2.30. The van der Waals surface area contributed by atoms with Gasteiger partial charge in [-0.2, -0.15) is 0 Å². The van der Waals surface area contributed by atoms with Gasteiger partial charge in [-0.3, -0.25) is 9.59 Å². The largest absolute Gasteiger partial charge is 0.493 e. The van der Waals surface area contributed by atoms with Crippen LogP contribution < -0.4 is 14.2 Å². The first kappa shape index (κ1) is 19.7. The van der Waals surface area contributed by atoms with Gasteiger partial charge in [0, 0.05) is 6.42 Å². The van der Waals surface area contributed by atoms with Gasteiger partial charge in [-0.1, -0.05) is 19.8 Å². The van der Waals surface area contributed by atoms with Crippen molar-refractivity contribution >= 4 is 17.6 Å². The van der Waals surface area contributed by atoms with E-state index in [0.717, 1.165) is 19.3 Å². The second-order valence-electron chi connectivity index (χ2n) is 5.45. The zero-order valence-corrected chi connectivity index (χ0v) is 15.1. The van der Waals surface area contributed by atoms with Crippen molar-refractivity contribution in [2.24, 2.45) is 0 Å².